The first-order valence-corrected chi connectivity index (χ1v) is 6.70. The molecule has 0 heterocycles. The summed E-state index contributed by atoms with van der Waals surface area (Å²) in [6.45, 7) is 5.81. The molecule has 2 aliphatic carbocycles. The molecule has 0 aliphatic heterocycles. The minimum Gasteiger partial charge on any atom is -0.393 e. The van der Waals surface area contributed by atoms with Crippen LogP contribution in [-0.4, -0.2) is 35.7 Å². The Morgan fingerprint density at radius 2 is 1.80 bits per heavy atom. The smallest absolute Gasteiger partial charge is 0.0580 e. The molecule has 2 heteroatoms. The van der Waals surface area contributed by atoms with E-state index in [2.05, 4.69) is 11.8 Å². The molecule has 2 saturated carbocycles. The molecule has 0 bridgehead atoms. The number of hydrogen-bond acceptors (Lipinski definition) is 2. The van der Waals surface area contributed by atoms with Gasteiger partial charge in [-0.25, -0.2) is 0 Å². The van der Waals surface area contributed by atoms with E-state index in [1.165, 1.54) is 38.6 Å². The number of aliphatic hydroxyl groups is 1. The first-order valence-electron chi connectivity index (χ1n) is 6.70. The van der Waals surface area contributed by atoms with E-state index in [0.717, 1.165) is 25.4 Å². The average Bonchev–Trinajstić information content (AvgIpc) is 2.56. The maximum Gasteiger partial charge on any atom is 0.0580 e. The van der Waals surface area contributed by atoms with Gasteiger partial charge in [-0.15, -0.1) is 0 Å². The van der Waals surface area contributed by atoms with E-state index in [1.54, 1.807) is 0 Å². The zero-order chi connectivity index (χ0) is 10.7. The summed E-state index contributed by atoms with van der Waals surface area (Å²) in [7, 11) is 0. The predicted octanol–water partition coefficient (Wildman–Crippen LogP) is 2.27. The van der Waals surface area contributed by atoms with Crippen LogP contribution >= 0.6 is 0 Å². The highest BCUT2D eigenvalue weighted by Crippen LogP contribution is 2.29. The third-order valence-corrected chi connectivity index (χ3v) is 4.30. The topological polar surface area (TPSA) is 23.5 Å². The van der Waals surface area contributed by atoms with Crippen LogP contribution in [0, 0.1) is 11.8 Å². The van der Waals surface area contributed by atoms with Crippen LogP contribution in [-0.2, 0) is 0 Å². The average molecular weight is 211 g/mol. The maximum atomic E-state index is 9.81. The van der Waals surface area contributed by atoms with Crippen LogP contribution in [0.25, 0.3) is 0 Å². The summed E-state index contributed by atoms with van der Waals surface area (Å²) in [5.74, 6) is 1.52. The van der Waals surface area contributed by atoms with Crippen LogP contribution in [0.4, 0.5) is 0 Å². The first kappa shape index (κ1) is 11.4. The third-order valence-electron chi connectivity index (χ3n) is 4.30. The molecular formula is C13H25NO. The van der Waals surface area contributed by atoms with Crippen molar-refractivity contribution in [1.82, 2.24) is 4.90 Å². The second kappa shape index (κ2) is 5.31. The summed E-state index contributed by atoms with van der Waals surface area (Å²) in [5.41, 5.74) is 0. The lowest BCUT2D eigenvalue weighted by molar-refractivity contribution is 0.0902. The van der Waals surface area contributed by atoms with Crippen LogP contribution in [0.15, 0.2) is 0 Å². The van der Waals surface area contributed by atoms with Gasteiger partial charge >= 0.3 is 0 Å². The molecule has 1 N–H and O–H groups in total. The van der Waals surface area contributed by atoms with E-state index in [9.17, 15) is 5.11 Å². The molecule has 15 heavy (non-hydrogen) atoms. The maximum absolute atomic E-state index is 9.81. The molecule has 0 aromatic carbocycles. The van der Waals surface area contributed by atoms with Gasteiger partial charge in [0.25, 0.3) is 0 Å². The number of rotatable bonds is 5. The van der Waals surface area contributed by atoms with E-state index < -0.39 is 0 Å². The first-order chi connectivity index (χ1) is 7.29. The lowest BCUT2D eigenvalue weighted by atomic mass is 9.85. The van der Waals surface area contributed by atoms with E-state index >= 15 is 0 Å². The zero-order valence-electron chi connectivity index (χ0n) is 9.99. The van der Waals surface area contributed by atoms with Gasteiger partial charge in [0.15, 0.2) is 0 Å². The second-order valence-corrected chi connectivity index (χ2v) is 5.41. The largest absolute Gasteiger partial charge is 0.393 e. The van der Waals surface area contributed by atoms with Crippen molar-refractivity contribution in [3.63, 3.8) is 0 Å². The highest BCUT2D eigenvalue weighted by atomic mass is 16.3. The molecule has 0 aromatic rings. The molecule has 2 atom stereocenters. The van der Waals surface area contributed by atoms with Gasteiger partial charge in [-0.2, -0.15) is 0 Å². The standard InChI is InChI=1S/C13H25NO/c1-2-14(9-11-5-3-6-11)10-12-7-4-8-13(12)15/h11-13,15H,2-10H2,1H3. The van der Waals surface area contributed by atoms with E-state index in [1.807, 2.05) is 0 Å². The minimum absolute atomic E-state index is 0.0135. The van der Waals surface area contributed by atoms with Crippen molar-refractivity contribution >= 4 is 0 Å². The summed E-state index contributed by atoms with van der Waals surface area (Å²) in [5, 5.41) is 9.81. The Labute approximate surface area is 93.7 Å². The van der Waals surface area contributed by atoms with E-state index in [0.29, 0.717) is 5.92 Å². The summed E-state index contributed by atoms with van der Waals surface area (Å²) in [6.07, 6.45) is 7.79. The molecule has 2 aliphatic rings. The Kier molecular flexibility index (Phi) is 4.04. The highest BCUT2D eigenvalue weighted by molar-refractivity contribution is 4.81. The molecule has 0 radical (unpaired) electrons. The fraction of sp³-hybridized carbons (Fsp3) is 1.00. The van der Waals surface area contributed by atoms with Gasteiger partial charge in [-0.05, 0) is 44.1 Å². The van der Waals surface area contributed by atoms with Crippen molar-refractivity contribution in [1.29, 1.82) is 0 Å². The van der Waals surface area contributed by atoms with Crippen LogP contribution in [0.3, 0.4) is 0 Å². The lowest BCUT2D eigenvalue weighted by Gasteiger charge is -2.33. The molecule has 0 spiro atoms. The van der Waals surface area contributed by atoms with Gasteiger partial charge < -0.3 is 10.0 Å². The third kappa shape index (κ3) is 2.94. The van der Waals surface area contributed by atoms with E-state index in [4.69, 9.17) is 0 Å². The quantitative estimate of drug-likeness (QED) is 0.754. The lowest BCUT2D eigenvalue weighted by Crippen LogP contribution is -2.37. The summed E-state index contributed by atoms with van der Waals surface area (Å²) >= 11 is 0. The van der Waals surface area contributed by atoms with Gasteiger partial charge in [-0.1, -0.05) is 19.8 Å². The molecule has 2 rings (SSSR count). The van der Waals surface area contributed by atoms with Crippen molar-refractivity contribution in [2.45, 2.75) is 51.6 Å². The number of nitrogens with zero attached hydrogens (tertiary/aromatic N) is 1. The van der Waals surface area contributed by atoms with Gasteiger partial charge in [0.1, 0.15) is 0 Å². The van der Waals surface area contributed by atoms with Gasteiger partial charge in [0.05, 0.1) is 6.10 Å². The molecule has 2 fully saturated rings. The normalized spacial score (nSPS) is 32.2. The molecule has 88 valence electrons. The Hall–Kier alpha value is -0.0800. The van der Waals surface area contributed by atoms with Crippen LogP contribution in [0.1, 0.15) is 45.4 Å². The van der Waals surface area contributed by atoms with Gasteiger partial charge in [-0.3, -0.25) is 0 Å². The highest BCUT2D eigenvalue weighted by Gasteiger charge is 2.28. The zero-order valence-corrected chi connectivity index (χ0v) is 9.99. The Balaban J connectivity index is 1.73. The molecule has 2 nitrogen and oxygen atoms in total. The number of aliphatic hydroxyl groups excluding tert-OH is 1. The molecule has 0 saturated heterocycles. The Morgan fingerprint density at radius 3 is 2.27 bits per heavy atom. The van der Waals surface area contributed by atoms with Crippen LogP contribution < -0.4 is 0 Å². The Bertz CT molecular complexity index is 191. The van der Waals surface area contributed by atoms with Crippen molar-refractivity contribution in [3.05, 3.63) is 0 Å². The second-order valence-electron chi connectivity index (χ2n) is 5.41. The molecule has 2 unspecified atom stereocenters. The summed E-state index contributed by atoms with van der Waals surface area (Å²) in [4.78, 5) is 2.56. The van der Waals surface area contributed by atoms with Crippen molar-refractivity contribution in [2.24, 2.45) is 11.8 Å². The van der Waals surface area contributed by atoms with Crippen molar-refractivity contribution < 1.29 is 5.11 Å². The monoisotopic (exact) mass is 211 g/mol. The Morgan fingerprint density at radius 1 is 1.07 bits per heavy atom. The van der Waals surface area contributed by atoms with Crippen LogP contribution in [0.2, 0.25) is 0 Å². The summed E-state index contributed by atoms with van der Waals surface area (Å²) < 4.78 is 0. The fourth-order valence-electron chi connectivity index (χ4n) is 2.94. The van der Waals surface area contributed by atoms with E-state index in [-0.39, 0.29) is 6.10 Å². The van der Waals surface area contributed by atoms with Crippen molar-refractivity contribution in [3.8, 4) is 0 Å². The van der Waals surface area contributed by atoms with Gasteiger partial charge in [0, 0.05) is 13.1 Å². The fourth-order valence-corrected chi connectivity index (χ4v) is 2.94. The molecule has 0 amide bonds. The van der Waals surface area contributed by atoms with Gasteiger partial charge in [0.2, 0.25) is 0 Å². The molecule has 0 aromatic heterocycles. The number of hydrogen-bond donors (Lipinski definition) is 1. The molecular weight excluding hydrogens is 186 g/mol. The predicted molar refractivity (Wildman–Crippen MR) is 62.8 cm³/mol. The summed E-state index contributed by atoms with van der Waals surface area (Å²) in [6, 6.07) is 0. The SMILES string of the molecule is CCN(CC1CCC1)CC1CCCC1O. The minimum atomic E-state index is -0.0135. The van der Waals surface area contributed by atoms with Crippen molar-refractivity contribution in [2.75, 3.05) is 19.6 Å². The van der Waals surface area contributed by atoms with Crippen LogP contribution in [0.5, 0.6) is 0 Å².